The maximum atomic E-state index is 13.7. The highest BCUT2D eigenvalue weighted by Gasteiger charge is 2.28. The van der Waals surface area contributed by atoms with E-state index in [-0.39, 0.29) is 10.6 Å². The van der Waals surface area contributed by atoms with Crippen molar-refractivity contribution in [2.45, 2.75) is 18.4 Å². The van der Waals surface area contributed by atoms with Crippen LogP contribution in [0.3, 0.4) is 0 Å². The van der Waals surface area contributed by atoms with Crippen LogP contribution in [-0.2, 0) is 21.4 Å². The minimum Gasteiger partial charge on any atom is -0.493 e. The summed E-state index contributed by atoms with van der Waals surface area (Å²) in [5.41, 5.74) is 5.18. The molecule has 0 fully saturated rings. The summed E-state index contributed by atoms with van der Waals surface area (Å²) in [7, 11) is 0.319. The van der Waals surface area contributed by atoms with Gasteiger partial charge in [0.2, 0.25) is 0 Å². The minimum atomic E-state index is -4.13. The third-order valence-corrected chi connectivity index (χ3v) is 8.17. The van der Waals surface area contributed by atoms with Crippen molar-refractivity contribution in [1.82, 2.24) is 5.43 Å². The monoisotopic (exact) mass is 603 g/mol. The van der Waals surface area contributed by atoms with Gasteiger partial charge in [0.05, 0.1) is 38.1 Å². The summed E-state index contributed by atoms with van der Waals surface area (Å²) >= 11 is 0. The van der Waals surface area contributed by atoms with Crippen molar-refractivity contribution < 1.29 is 32.2 Å². The van der Waals surface area contributed by atoms with E-state index in [1.54, 1.807) is 36.4 Å². The van der Waals surface area contributed by atoms with E-state index in [0.717, 1.165) is 15.4 Å². The Labute approximate surface area is 251 Å². The molecule has 0 spiro atoms. The van der Waals surface area contributed by atoms with E-state index in [0.29, 0.717) is 35.2 Å². The van der Waals surface area contributed by atoms with Gasteiger partial charge in [0.25, 0.3) is 15.9 Å². The quantitative estimate of drug-likeness (QED) is 0.170. The lowest BCUT2D eigenvalue weighted by molar-refractivity contribution is -0.119. The number of carbonyl (C=O) groups excluding carboxylic acids is 1. The number of nitrogens with one attached hydrogen (secondary N) is 1. The van der Waals surface area contributed by atoms with Gasteiger partial charge in [-0.25, -0.2) is 13.8 Å². The molecule has 10 nitrogen and oxygen atoms in total. The Morgan fingerprint density at radius 2 is 1.47 bits per heavy atom. The number of hydrogen-bond donors (Lipinski definition) is 1. The molecule has 0 radical (unpaired) electrons. The van der Waals surface area contributed by atoms with Crippen molar-refractivity contribution >= 4 is 27.8 Å². The summed E-state index contributed by atoms with van der Waals surface area (Å²) in [6, 6.07) is 26.0. The van der Waals surface area contributed by atoms with Crippen LogP contribution in [0.25, 0.3) is 0 Å². The third-order valence-electron chi connectivity index (χ3n) is 6.38. The van der Waals surface area contributed by atoms with Crippen LogP contribution in [0.2, 0.25) is 0 Å². The Morgan fingerprint density at radius 1 is 0.814 bits per heavy atom. The number of anilines is 1. The lowest BCUT2D eigenvalue weighted by atomic mass is 10.2. The van der Waals surface area contributed by atoms with Gasteiger partial charge in [-0.3, -0.25) is 9.10 Å². The average molecular weight is 604 g/mol. The van der Waals surface area contributed by atoms with E-state index in [1.165, 1.54) is 51.8 Å². The predicted molar refractivity (Wildman–Crippen MR) is 165 cm³/mol. The first kappa shape index (κ1) is 30.9. The predicted octanol–water partition coefficient (Wildman–Crippen LogP) is 4.95. The number of hydrazone groups is 1. The van der Waals surface area contributed by atoms with Crippen molar-refractivity contribution in [1.29, 1.82) is 0 Å². The second kappa shape index (κ2) is 14.2. The van der Waals surface area contributed by atoms with E-state index in [4.69, 9.17) is 18.9 Å². The smallest absolute Gasteiger partial charge is 0.264 e. The van der Waals surface area contributed by atoms with Crippen molar-refractivity contribution in [2.75, 3.05) is 32.2 Å². The number of carbonyl (C=O) groups is 1. The topological polar surface area (TPSA) is 116 Å². The summed E-state index contributed by atoms with van der Waals surface area (Å²) in [6.07, 6.45) is 1.43. The number of hydrogen-bond acceptors (Lipinski definition) is 8. The fourth-order valence-corrected chi connectivity index (χ4v) is 5.51. The minimum absolute atomic E-state index is 0.0332. The van der Waals surface area contributed by atoms with E-state index >= 15 is 0 Å². The molecule has 0 saturated heterocycles. The van der Waals surface area contributed by atoms with Gasteiger partial charge in [0.1, 0.15) is 13.2 Å². The maximum absolute atomic E-state index is 13.7. The molecular formula is C32H33N3O7S. The first-order valence-electron chi connectivity index (χ1n) is 13.2. The molecule has 11 heteroatoms. The zero-order valence-electron chi connectivity index (χ0n) is 24.3. The lowest BCUT2D eigenvalue weighted by Gasteiger charge is -2.24. The molecule has 4 aromatic rings. The Hall–Kier alpha value is -5.03. The standard InChI is InChI=1S/C32H33N3O7S/c1-23-10-14-27(15-11-23)43(37,38)35(26-13-17-28(39-2)31(19-26)41-4)21-32(36)34-33-20-25-12-16-29(30(18-25)40-3)42-22-24-8-6-5-7-9-24/h5-20H,21-22H2,1-4H3,(H,34,36)/b33-20-. The molecule has 0 aliphatic rings. The Balaban J connectivity index is 1.51. The van der Waals surface area contributed by atoms with Crippen LogP contribution >= 0.6 is 0 Å². The maximum Gasteiger partial charge on any atom is 0.264 e. The van der Waals surface area contributed by atoms with Gasteiger partial charge in [0, 0.05) is 6.07 Å². The van der Waals surface area contributed by atoms with Crippen LogP contribution < -0.4 is 28.7 Å². The fraction of sp³-hybridized carbons (Fsp3) is 0.188. The Morgan fingerprint density at radius 3 is 2.14 bits per heavy atom. The number of methoxy groups -OCH3 is 3. The summed E-state index contributed by atoms with van der Waals surface area (Å²) in [5, 5.41) is 4.03. The van der Waals surface area contributed by atoms with Crippen molar-refractivity contribution in [3.05, 3.63) is 108 Å². The van der Waals surface area contributed by atoms with Gasteiger partial charge in [-0.2, -0.15) is 5.10 Å². The van der Waals surface area contributed by atoms with E-state index < -0.39 is 22.5 Å². The van der Waals surface area contributed by atoms with Crippen LogP contribution in [0, 0.1) is 6.92 Å². The van der Waals surface area contributed by atoms with E-state index in [9.17, 15) is 13.2 Å². The van der Waals surface area contributed by atoms with Gasteiger partial charge < -0.3 is 18.9 Å². The number of rotatable bonds is 13. The lowest BCUT2D eigenvalue weighted by Crippen LogP contribution is -2.39. The van der Waals surface area contributed by atoms with Crippen LogP contribution in [-0.4, -0.2) is 48.4 Å². The van der Waals surface area contributed by atoms with Gasteiger partial charge >= 0.3 is 0 Å². The second-order valence-corrected chi connectivity index (χ2v) is 11.2. The summed E-state index contributed by atoms with van der Waals surface area (Å²) < 4.78 is 50.3. The number of sulfonamides is 1. The van der Waals surface area contributed by atoms with Gasteiger partial charge in [-0.15, -0.1) is 0 Å². The van der Waals surface area contributed by atoms with Crippen LogP contribution in [0.15, 0.2) is 101 Å². The van der Waals surface area contributed by atoms with Crippen molar-refractivity contribution in [3.8, 4) is 23.0 Å². The molecule has 4 rings (SSSR count). The molecule has 1 N–H and O–H groups in total. The Bertz CT molecular complexity index is 1680. The van der Waals surface area contributed by atoms with Gasteiger partial charge in [-0.05, 0) is 60.5 Å². The molecule has 0 unspecified atom stereocenters. The van der Waals surface area contributed by atoms with Crippen molar-refractivity contribution in [3.63, 3.8) is 0 Å². The molecule has 0 aromatic heterocycles. The highest BCUT2D eigenvalue weighted by molar-refractivity contribution is 7.92. The summed E-state index contributed by atoms with van der Waals surface area (Å²) in [5.74, 6) is 1.12. The molecule has 1 amide bonds. The molecule has 0 saturated carbocycles. The summed E-state index contributed by atoms with van der Waals surface area (Å²) in [6.45, 7) is 1.69. The number of aryl methyl sites for hydroxylation is 1. The van der Waals surface area contributed by atoms with E-state index in [1.807, 2.05) is 37.3 Å². The third kappa shape index (κ3) is 7.83. The van der Waals surface area contributed by atoms with Gasteiger partial charge in [0.15, 0.2) is 23.0 Å². The highest BCUT2D eigenvalue weighted by atomic mass is 32.2. The zero-order chi connectivity index (χ0) is 30.8. The average Bonchev–Trinajstić information content (AvgIpc) is 3.03. The Kier molecular flexibility index (Phi) is 10.2. The normalized spacial score (nSPS) is 11.2. The summed E-state index contributed by atoms with van der Waals surface area (Å²) in [4.78, 5) is 13.0. The number of amides is 1. The van der Waals surface area contributed by atoms with Crippen LogP contribution in [0.4, 0.5) is 5.69 Å². The molecule has 4 aromatic carbocycles. The molecule has 224 valence electrons. The molecule has 0 bridgehead atoms. The number of benzene rings is 4. The highest BCUT2D eigenvalue weighted by Crippen LogP contribution is 2.34. The number of ether oxygens (including phenoxy) is 4. The van der Waals surface area contributed by atoms with E-state index in [2.05, 4.69) is 10.5 Å². The van der Waals surface area contributed by atoms with Crippen LogP contribution in [0.5, 0.6) is 23.0 Å². The fourth-order valence-electron chi connectivity index (χ4n) is 4.10. The first-order chi connectivity index (χ1) is 20.7. The molecule has 0 aliphatic heterocycles. The molecule has 43 heavy (non-hydrogen) atoms. The number of nitrogens with zero attached hydrogens (tertiary/aromatic N) is 2. The van der Waals surface area contributed by atoms with Gasteiger partial charge in [-0.1, -0.05) is 48.0 Å². The van der Waals surface area contributed by atoms with Crippen LogP contribution in [0.1, 0.15) is 16.7 Å². The SMILES string of the molecule is COc1ccc(N(CC(=O)N/N=C\c2ccc(OCc3ccccc3)c(OC)c2)S(=O)(=O)c2ccc(C)cc2)cc1OC. The molecule has 0 atom stereocenters. The molecule has 0 aliphatic carbocycles. The molecule has 0 heterocycles. The largest absolute Gasteiger partial charge is 0.493 e. The molecular weight excluding hydrogens is 570 g/mol. The first-order valence-corrected chi connectivity index (χ1v) is 14.7. The van der Waals surface area contributed by atoms with Crippen molar-refractivity contribution in [2.24, 2.45) is 5.10 Å². The zero-order valence-corrected chi connectivity index (χ0v) is 25.1. The second-order valence-electron chi connectivity index (χ2n) is 9.34.